The molecule has 0 saturated carbocycles. The van der Waals surface area contributed by atoms with Gasteiger partial charge in [0, 0.05) is 18.0 Å². The molecule has 0 fully saturated rings. The first-order valence-corrected chi connectivity index (χ1v) is 5.93. The van der Waals surface area contributed by atoms with Crippen LogP contribution in [-0.2, 0) is 12.4 Å². The monoisotopic (exact) mass is 357 g/mol. The second-order valence-electron chi connectivity index (χ2n) is 4.68. The summed E-state index contributed by atoms with van der Waals surface area (Å²) in [5.74, 6) is -1.96. The van der Waals surface area contributed by atoms with Crippen LogP contribution in [0, 0.1) is 5.82 Å². The SMILES string of the molecule is N[C@H](CCC(F)(F)F)c1c(F)cc(C(F)(F)F)cc1C(F)(F)F. The van der Waals surface area contributed by atoms with E-state index >= 15 is 0 Å². The van der Waals surface area contributed by atoms with Gasteiger partial charge in [-0.2, -0.15) is 39.5 Å². The van der Waals surface area contributed by atoms with E-state index in [2.05, 4.69) is 0 Å². The van der Waals surface area contributed by atoms with Gasteiger partial charge in [0.25, 0.3) is 0 Å². The van der Waals surface area contributed by atoms with E-state index in [0.29, 0.717) is 0 Å². The van der Waals surface area contributed by atoms with Crippen LogP contribution in [-0.4, -0.2) is 6.18 Å². The van der Waals surface area contributed by atoms with Crippen LogP contribution < -0.4 is 5.73 Å². The van der Waals surface area contributed by atoms with Gasteiger partial charge in [0.2, 0.25) is 0 Å². The summed E-state index contributed by atoms with van der Waals surface area (Å²) >= 11 is 0. The van der Waals surface area contributed by atoms with Gasteiger partial charge in [0.1, 0.15) is 5.82 Å². The largest absolute Gasteiger partial charge is 0.416 e. The molecule has 2 N–H and O–H groups in total. The van der Waals surface area contributed by atoms with Gasteiger partial charge in [0.15, 0.2) is 0 Å². The Kier molecular flexibility index (Phi) is 5.24. The highest BCUT2D eigenvalue weighted by atomic mass is 19.4. The summed E-state index contributed by atoms with van der Waals surface area (Å²) in [5.41, 5.74) is -0.234. The third-order valence-electron chi connectivity index (χ3n) is 2.87. The fourth-order valence-corrected chi connectivity index (χ4v) is 1.86. The second-order valence-corrected chi connectivity index (χ2v) is 4.68. The molecular formula is C12H9F10N. The molecule has 0 spiro atoms. The molecule has 23 heavy (non-hydrogen) atoms. The predicted molar refractivity (Wildman–Crippen MR) is 58.6 cm³/mol. The normalized spacial score (nSPS) is 14.9. The van der Waals surface area contributed by atoms with E-state index in [4.69, 9.17) is 5.73 Å². The number of nitrogens with two attached hydrogens (primary N) is 1. The predicted octanol–water partition coefficient (Wildman–Crippen LogP) is 5.21. The topological polar surface area (TPSA) is 26.0 Å². The highest BCUT2D eigenvalue weighted by Crippen LogP contribution is 2.41. The minimum atomic E-state index is -5.41. The van der Waals surface area contributed by atoms with Crippen LogP contribution in [0.15, 0.2) is 12.1 Å². The Balaban J connectivity index is 3.36. The molecule has 0 aromatic heterocycles. The van der Waals surface area contributed by atoms with Gasteiger partial charge in [-0.25, -0.2) is 4.39 Å². The molecule has 1 nitrogen and oxygen atoms in total. The van der Waals surface area contributed by atoms with E-state index in [0.717, 1.165) is 0 Å². The number of rotatable bonds is 3. The van der Waals surface area contributed by atoms with Crippen LogP contribution in [0.2, 0.25) is 0 Å². The maximum atomic E-state index is 13.7. The van der Waals surface area contributed by atoms with E-state index in [1.54, 1.807) is 0 Å². The van der Waals surface area contributed by atoms with Gasteiger partial charge in [-0.3, -0.25) is 0 Å². The Morgan fingerprint density at radius 2 is 1.39 bits per heavy atom. The second kappa shape index (κ2) is 6.17. The molecule has 0 saturated heterocycles. The van der Waals surface area contributed by atoms with Crippen LogP contribution in [0.5, 0.6) is 0 Å². The van der Waals surface area contributed by atoms with Crippen molar-refractivity contribution in [3.05, 3.63) is 34.6 Å². The lowest BCUT2D eigenvalue weighted by Crippen LogP contribution is -2.23. The van der Waals surface area contributed by atoms with Gasteiger partial charge in [-0.1, -0.05) is 0 Å². The summed E-state index contributed by atoms with van der Waals surface area (Å²) in [5, 5.41) is 0. The van der Waals surface area contributed by atoms with Crippen molar-refractivity contribution in [1.82, 2.24) is 0 Å². The van der Waals surface area contributed by atoms with Gasteiger partial charge < -0.3 is 5.73 Å². The molecule has 1 aromatic rings. The highest BCUT2D eigenvalue weighted by Gasteiger charge is 2.41. The van der Waals surface area contributed by atoms with Gasteiger partial charge >= 0.3 is 18.5 Å². The Hall–Kier alpha value is -1.52. The van der Waals surface area contributed by atoms with Crippen LogP contribution >= 0.6 is 0 Å². The summed E-state index contributed by atoms with van der Waals surface area (Å²) in [6.45, 7) is 0. The molecule has 132 valence electrons. The molecule has 0 heterocycles. The zero-order valence-electron chi connectivity index (χ0n) is 11.0. The minimum Gasteiger partial charge on any atom is -0.324 e. The lowest BCUT2D eigenvalue weighted by Gasteiger charge is -2.21. The van der Waals surface area contributed by atoms with Crippen LogP contribution in [0.4, 0.5) is 43.9 Å². The van der Waals surface area contributed by atoms with Gasteiger partial charge in [0.05, 0.1) is 11.1 Å². The molecule has 0 aliphatic rings. The molecule has 1 aromatic carbocycles. The zero-order valence-corrected chi connectivity index (χ0v) is 11.0. The average molecular weight is 357 g/mol. The van der Waals surface area contributed by atoms with Crippen LogP contribution in [0.1, 0.15) is 35.6 Å². The Morgan fingerprint density at radius 3 is 1.78 bits per heavy atom. The summed E-state index contributed by atoms with van der Waals surface area (Å²) in [4.78, 5) is 0. The van der Waals surface area contributed by atoms with Crippen molar-refractivity contribution in [1.29, 1.82) is 0 Å². The quantitative estimate of drug-likeness (QED) is 0.739. The first kappa shape index (κ1) is 19.5. The maximum absolute atomic E-state index is 13.7. The first-order valence-electron chi connectivity index (χ1n) is 5.93. The van der Waals surface area contributed by atoms with Crippen molar-refractivity contribution in [2.45, 2.75) is 37.4 Å². The Morgan fingerprint density at radius 1 is 0.870 bits per heavy atom. The third-order valence-corrected chi connectivity index (χ3v) is 2.87. The smallest absolute Gasteiger partial charge is 0.324 e. The van der Waals surface area contributed by atoms with E-state index in [-0.39, 0.29) is 12.1 Å². The minimum absolute atomic E-state index is 0.224. The maximum Gasteiger partial charge on any atom is 0.416 e. The molecule has 0 bridgehead atoms. The number of alkyl halides is 9. The number of hydrogen-bond acceptors (Lipinski definition) is 1. The number of hydrogen-bond donors (Lipinski definition) is 1. The lowest BCUT2D eigenvalue weighted by atomic mass is 9.94. The fourth-order valence-electron chi connectivity index (χ4n) is 1.86. The molecule has 0 aliphatic heterocycles. The summed E-state index contributed by atoms with van der Waals surface area (Å²) in [6, 6.07) is -2.65. The molecular weight excluding hydrogens is 348 g/mol. The van der Waals surface area contributed by atoms with E-state index < -0.39 is 59.9 Å². The van der Waals surface area contributed by atoms with Crippen LogP contribution in [0.3, 0.4) is 0 Å². The molecule has 11 heteroatoms. The van der Waals surface area contributed by atoms with Crippen molar-refractivity contribution < 1.29 is 43.9 Å². The zero-order chi connectivity index (χ0) is 18.2. The number of halogens is 10. The molecule has 1 rings (SSSR count). The molecule has 1 atom stereocenters. The molecule has 0 unspecified atom stereocenters. The number of benzene rings is 1. The van der Waals surface area contributed by atoms with Crippen molar-refractivity contribution in [2.75, 3.05) is 0 Å². The third kappa shape index (κ3) is 5.26. The van der Waals surface area contributed by atoms with Crippen molar-refractivity contribution in [3.63, 3.8) is 0 Å². The Bertz CT molecular complexity index is 555. The standard InChI is InChI=1S/C12H9F10N/c13-7-4-5(11(17,18)19)3-6(12(20,21)22)9(7)8(23)1-2-10(14,15)16/h3-4,8H,1-2,23H2/t8-/m1/s1. The van der Waals surface area contributed by atoms with Crippen molar-refractivity contribution in [2.24, 2.45) is 5.73 Å². The van der Waals surface area contributed by atoms with Crippen molar-refractivity contribution in [3.8, 4) is 0 Å². The van der Waals surface area contributed by atoms with Crippen molar-refractivity contribution >= 4 is 0 Å². The highest BCUT2D eigenvalue weighted by molar-refractivity contribution is 5.38. The van der Waals surface area contributed by atoms with E-state index in [1.165, 1.54) is 0 Å². The summed E-state index contributed by atoms with van der Waals surface area (Å²) in [7, 11) is 0. The molecule has 0 aliphatic carbocycles. The molecule has 0 amide bonds. The lowest BCUT2D eigenvalue weighted by molar-refractivity contribution is -0.144. The summed E-state index contributed by atoms with van der Waals surface area (Å²) < 4.78 is 126. The van der Waals surface area contributed by atoms with Gasteiger partial charge in [-0.15, -0.1) is 0 Å². The van der Waals surface area contributed by atoms with Gasteiger partial charge in [-0.05, 0) is 18.6 Å². The van der Waals surface area contributed by atoms with E-state index in [9.17, 15) is 43.9 Å². The van der Waals surface area contributed by atoms with Crippen LogP contribution in [0.25, 0.3) is 0 Å². The van der Waals surface area contributed by atoms with E-state index in [1.807, 2.05) is 0 Å². The first-order chi connectivity index (χ1) is 10.1. The summed E-state index contributed by atoms with van der Waals surface area (Å²) in [6.07, 6.45) is -18.1. The fraction of sp³-hybridized carbons (Fsp3) is 0.500. The molecule has 0 radical (unpaired) electrons. The average Bonchev–Trinajstić information content (AvgIpc) is 2.31. The Labute approximate surface area is 123 Å².